The van der Waals surface area contributed by atoms with Crippen molar-refractivity contribution in [1.29, 1.82) is 0 Å². The molecular weight excluding hydrogens is 294 g/mol. The average Bonchev–Trinajstić information content (AvgIpc) is 2.89. The molecule has 2 aromatic rings. The summed E-state index contributed by atoms with van der Waals surface area (Å²) < 4.78 is 7.08. The fraction of sp³-hybridized carbons (Fsp3) is 0.500. The van der Waals surface area contributed by atoms with E-state index in [4.69, 9.17) is 4.74 Å². The van der Waals surface area contributed by atoms with Gasteiger partial charge in [0.2, 0.25) is 5.91 Å². The third kappa shape index (κ3) is 3.73. The third-order valence-corrected chi connectivity index (χ3v) is 4.06. The Bertz CT molecular complexity index is 656. The van der Waals surface area contributed by atoms with Gasteiger partial charge in [-0.3, -0.25) is 9.78 Å². The lowest BCUT2D eigenvalue weighted by Gasteiger charge is -2.16. The molecule has 2 aromatic heterocycles. The predicted octanol–water partition coefficient (Wildman–Crippen LogP) is 1.20. The molecular formula is C16H21N5O2. The molecule has 0 radical (unpaired) electrons. The van der Waals surface area contributed by atoms with Crippen molar-refractivity contribution in [2.45, 2.75) is 38.3 Å². The van der Waals surface area contributed by atoms with E-state index in [1.54, 1.807) is 19.5 Å². The quantitative estimate of drug-likeness (QED) is 0.896. The number of methoxy groups -OCH3 is 1. The summed E-state index contributed by atoms with van der Waals surface area (Å²) in [6.07, 6.45) is 6.50. The molecule has 0 aliphatic carbocycles. The van der Waals surface area contributed by atoms with Crippen molar-refractivity contribution in [1.82, 2.24) is 25.1 Å². The van der Waals surface area contributed by atoms with E-state index < -0.39 is 0 Å². The summed E-state index contributed by atoms with van der Waals surface area (Å²) in [5.74, 6) is 1.86. The maximum atomic E-state index is 11.8. The number of carbonyl (C=O) groups is 1. The summed E-state index contributed by atoms with van der Waals surface area (Å²) in [5, 5.41) is 11.7. The number of fused-ring (bicyclic) bond motifs is 1. The van der Waals surface area contributed by atoms with E-state index in [2.05, 4.69) is 25.1 Å². The van der Waals surface area contributed by atoms with E-state index in [1.165, 1.54) is 0 Å². The fourth-order valence-corrected chi connectivity index (χ4v) is 2.84. The molecule has 0 saturated carbocycles. The van der Waals surface area contributed by atoms with Crippen molar-refractivity contribution in [3.8, 4) is 11.4 Å². The van der Waals surface area contributed by atoms with E-state index in [0.29, 0.717) is 13.0 Å². The van der Waals surface area contributed by atoms with Gasteiger partial charge in [0.05, 0.1) is 6.61 Å². The number of hydrogen-bond donors (Lipinski definition) is 1. The number of amides is 1. The Kier molecular flexibility index (Phi) is 4.97. The number of nitrogens with one attached hydrogen (secondary N) is 1. The van der Waals surface area contributed by atoms with Crippen LogP contribution < -0.4 is 5.32 Å². The van der Waals surface area contributed by atoms with Crippen molar-refractivity contribution in [3.63, 3.8) is 0 Å². The van der Waals surface area contributed by atoms with Gasteiger partial charge >= 0.3 is 0 Å². The second-order valence-corrected chi connectivity index (χ2v) is 5.67. The van der Waals surface area contributed by atoms with Crippen molar-refractivity contribution in [2.75, 3.05) is 13.7 Å². The first-order valence-electron chi connectivity index (χ1n) is 7.88. The van der Waals surface area contributed by atoms with Crippen molar-refractivity contribution in [3.05, 3.63) is 30.4 Å². The highest BCUT2D eigenvalue weighted by molar-refractivity contribution is 5.76. The van der Waals surface area contributed by atoms with Crippen LogP contribution in [0, 0.1) is 0 Å². The molecule has 0 fully saturated rings. The molecule has 1 N–H and O–H groups in total. The highest BCUT2D eigenvalue weighted by atomic mass is 16.5. The molecule has 1 unspecified atom stereocenters. The van der Waals surface area contributed by atoms with Gasteiger partial charge in [0.1, 0.15) is 5.82 Å². The van der Waals surface area contributed by atoms with Gasteiger partial charge in [-0.2, -0.15) is 0 Å². The van der Waals surface area contributed by atoms with Crippen LogP contribution in [-0.2, 0) is 22.5 Å². The smallest absolute Gasteiger partial charge is 0.222 e. The van der Waals surface area contributed by atoms with Crippen molar-refractivity contribution < 1.29 is 9.53 Å². The Morgan fingerprint density at radius 3 is 3.13 bits per heavy atom. The first kappa shape index (κ1) is 15.6. The van der Waals surface area contributed by atoms with Gasteiger partial charge in [0.15, 0.2) is 5.82 Å². The number of pyridine rings is 1. The maximum absolute atomic E-state index is 11.8. The van der Waals surface area contributed by atoms with Gasteiger partial charge in [-0.1, -0.05) is 0 Å². The summed E-state index contributed by atoms with van der Waals surface area (Å²) in [4.78, 5) is 16.0. The summed E-state index contributed by atoms with van der Waals surface area (Å²) in [5.41, 5.74) is 0.967. The lowest BCUT2D eigenvalue weighted by Crippen LogP contribution is -2.35. The lowest BCUT2D eigenvalue weighted by atomic mass is 10.1. The van der Waals surface area contributed by atoms with Gasteiger partial charge in [0.25, 0.3) is 0 Å². The summed E-state index contributed by atoms with van der Waals surface area (Å²) >= 11 is 0. The van der Waals surface area contributed by atoms with E-state index in [1.807, 2.05) is 12.1 Å². The SMILES string of the molecule is COCCC(=O)NC1CCc2nnc(-c3cccnc3)n2CC1. The first-order valence-corrected chi connectivity index (χ1v) is 7.88. The van der Waals surface area contributed by atoms with Gasteiger partial charge in [0, 0.05) is 50.5 Å². The Labute approximate surface area is 135 Å². The van der Waals surface area contributed by atoms with Gasteiger partial charge in [-0.05, 0) is 25.0 Å². The topological polar surface area (TPSA) is 81.9 Å². The van der Waals surface area contributed by atoms with Crippen molar-refractivity contribution in [2.24, 2.45) is 0 Å². The van der Waals surface area contributed by atoms with Crippen LogP contribution in [0.15, 0.2) is 24.5 Å². The highest BCUT2D eigenvalue weighted by Gasteiger charge is 2.22. The van der Waals surface area contributed by atoms with Crippen LogP contribution in [0.4, 0.5) is 0 Å². The number of nitrogens with zero attached hydrogens (tertiary/aromatic N) is 4. The molecule has 0 spiro atoms. The first-order chi connectivity index (χ1) is 11.3. The van der Waals surface area contributed by atoms with Crippen LogP contribution in [0.2, 0.25) is 0 Å². The number of carbonyl (C=O) groups excluding carboxylic acids is 1. The molecule has 0 aromatic carbocycles. The second-order valence-electron chi connectivity index (χ2n) is 5.67. The molecule has 1 atom stereocenters. The Hall–Kier alpha value is -2.28. The zero-order valence-corrected chi connectivity index (χ0v) is 13.2. The van der Waals surface area contributed by atoms with Crippen LogP contribution in [0.3, 0.4) is 0 Å². The normalized spacial score (nSPS) is 17.3. The van der Waals surface area contributed by atoms with Gasteiger partial charge in [-0.15, -0.1) is 10.2 Å². The zero-order chi connectivity index (χ0) is 16.1. The lowest BCUT2D eigenvalue weighted by molar-refractivity contribution is -0.122. The van der Waals surface area contributed by atoms with E-state index >= 15 is 0 Å². The van der Waals surface area contributed by atoms with Crippen LogP contribution in [0.25, 0.3) is 11.4 Å². The van der Waals surface area contributed by atoms with E-state index in [-0.39, 0.29) is 11.9 Å². The molecule has 7 nitrogen and oxygen atoms in total. The summed E-state index contributed by atoms with van der Waals surface area (Å²) in [7, 11) is 1.60. The fourth-order valence-electron chi connectivity index (χ4n) is 2.84. The molecule has 1 amide bonds. The molecule has 3 rings (SSSR count). The number of ether oxygens (including phenoxy) is 1. The van der Waals surface area contributed by atoms with Crippen LogP contribution in [0.1, 0.15) is 25.1 Å². The molecule has 7 heteroatoms. The van der Waals surface area contributed by atoms with Crippen LogP contribution >= 0.6 is 0 Å². The third-order valence-electron chi connectivity index (χ3n) is 4.06. The van der Waals surface area contributed by atoms with Crippen LogP contribution in [-0.4, -0.2) is 45.4 Å². The minimum absolute atomic E-state index is 0.0435. The van der Waals surface area contributed by atoms with E-state index in [9.17, 15) is 4.79 Å². The standard InChI is InChI=1S/C16H21N5O2/c1-23-10-7-15(22)18-13-4-5-14-19-20-16(21(14)9-6-13)12-3-2-8-17-11-12/h2-3,8,11,13H,4-7,9-10H2,1H3,(H,18,22). The number of rotatable bonds is 5. The second kappa shape index (κ2) is 7.32. The molecule has 0 saturated heterocycles. The molecule has 23 heavy (non-hydrogen) atoms. The Balaban J connectivity index is 1.67. The monoisotopic (exact) mass is 315 g/mol. The number of hydrogen-bond acceptors (Lipinski definition) is 5. The minimum atomic E-state index is 0.0435. The highest BCUT2D eigenvalue weighted by Crippen LogP contribution is 2.22. The van der Waals surface area contributed by atoms with Crippen molar-refractivity contribution >= 4 is 5.91 Å². The predicted molar refractivity (Wildman–Crippen MR) is 84.6 cm³/mol. The molecule has 1 aliphatic heterocycles. The number of aromatic nitrogens is 4. The molecule has 1 aliphatic rings. The average molecular weight is 315 g/mol. The van der Waals surface area contributed by atoms with Gasteiger partial charge < -0.3 is 14.6 Å². The largest absolute Gasteiger partial charge is 0.384 e. The summed E-state index contributed by atoms with van der Waals surface area (Å²) in [6.45, 7) is 1.25. The maximum Gasteiger partial charge on any atom is 0.222 e. The Morgan fingerprint density at radius 1 is 1.43 bits per heavy atom. The Morgan fingerprint density at radius 2 is 2.35 bits per heavy atom. The summed E-state index contributed by atoms with van der Waals surface area (Å²) in [6, 6.07) is 4.05. The number of aryl methyl sites for hydroxylation is 1. The molecule has 0 bridgehead atoms. The minimum Gasteiger partial charge on any atom is -0.384 e. The molecule has 3 heterocycles. The van der Waals surface area contributed by atoms with E-state index in [0.717, 1.165) is 43.0 Å². The van der Waals surface area contributed by atoms with Crippen LogP contribution in [0.5, 0.6) is 0 Å². The molecule has 122 valence electrons. The zero-order valence-electron chi connectivity index (χ0n) is 13.2. The van der Waals surface area contributed by atoms with Gasteiger partial charge in [-0.25, -0.2) is 0 Å².